The number of fused-ring (bicyclic) bond motifs is 1. The summed E-state index contributed by atoms with van der Waals surface area (Å²) in [6.07, 6.45) is 4.02. The molecule has 0 unspecified atom stereocenters. The van der Waals surface area contributed by atoms with Crippen molar-refractivity contribution in [2.45, 2.75) is 37.6 Å². The van der Waals surface area contributed by atoms with Gasteiger partial charge in [-0.05, 0) is 45.6 Å². The highest BCUT2D eigenvalue weighted by Gasteiger charge is 2.39. The zero-order chi connectivity index (χ0) is 17.9. The van der Waals surface area contributed by atoms with Crippen molar-refractivity contribution >= 4 is 38.5 Å². The fourth-order valence-corrected chi connectivity index (χ4v) is 3.97. The molecule has 0 heterocycles. The van der Waals surface area contributed by atoms with E-state index in [-0.39, 0.29) is 12.5 Å². The van der Waals surface area contributed by atoms with Crippen LogP contribution in [0.15, 0.2) is 40.9 Å². The number of rotatable bonds is 5. The van der Waals surface area contributed by atoms with Gasteiger partial charge in [0.15, 0.2) is 6.61 Å². The lowest BCUT2D eigenvalue weighted by atomic mass is 9.81. The molecule has 6 heteroatoms. The van der Waals surface area contributed by atoms with Crippen LogP contribution in [0.5, 0.6) is 5.75 Å². The van der Waals surface area contributed by atoms with Gasteiger partial charge in [0, 0.05) is 0 Å². The van der Waals surface area contributed by atoms with E-state index in [0.29, 0.717) is 18.6 Å². The van der Waals surface area contributed by atoms with Gasteiger partial charge in [-0.3, -0.25) is 9.59 Å². The van der Waals surface area contributed by atoms with Crippen LogP contribution in [-0.4, -0.2) is 24.0 Å². The summed E-state index contributed by atoms with van der Waals surface area (Å²) in [4.78, 5) is 24.2. The van der Waals surface area contributed by atoms with Gasteiger partial charge in [0.1, 0.15) is 11.3 Å². The van der Waals surface area contributed by atoms with Crippen molar-refractivity contribution in [2.75, 3.05) is 6.61 Å². The number of carbonyl (C=O) groups excluding carboxylic acids is 2. The molecule has 0 aromatic heterocycles. The standard InChI is InChI=1S/C19H21BrN2O3/c20-17-14-7-3-2-6-13(14)8-9-15(17)25-12-16(23)22-19(18(21)24)10-4-1-5-11-19/h2-3,6-9H,1,4-5,10-12H2,(H2,21,24)(H,22,23). The molecule has 5 nitrogen and oxygen atoms in total. The van der Waals surface area contributed by atoms with Gasteiger partial charge in [-0.25, -0.2) is 0 Å². The lowest BCUT2D eigenvalue weighted by molar-refractivity contribution is -0.133. The second-order valence-corrected chi connectivity index (χ2v) is 7.24. The van der Waals surface area contributed by atoms with Crippen molar-refractivity contribution < 1.29 is 14.3 Å². The van der Waals surface area contributed by atoms with E-state index in [1.165, 1.54) is 0 Å². The van der Waals surface area contributed by atoms with E-state index in [1.54, 1.807) is 0 Å². The Morgan fingerprint density at radius 1 is 1.12 bits per heavy atom. The Morgan fingerprint density at radius 3 is 2.56 bits per heavy atom. The first kappa shape index (κ1) is 17.7. The first-order valence-electron chi connectivity index (χ1n) is 8.43. The van der Waals surface area contributed by atoms with E-state index < -0.39 is 11.4 Å². The molecule has 1 aliphatic rings. The number of carbonyl (C=O) groups is 2. The molecule has 2 amide bonds. The van der Waals surface area contributed by atoms with Gasteiger partial charge in [0.2, 0.25) is 5.91 Å². The Bertz CT molecular complexity index is 800. The Morgan fingerprint density at radius 2 is 1.84 bits per heavy atom. The highest BCUT2D eigenvalue weighted by molar-refractivity contribution is 9.10. The average molecular weight is 405 g/mol. The fraction of sp³-hybridized carbons (Fsp3) is 0.368. The van der Waals surface area contributed by atoms with Gasteiger partial charge in [-0.1, -0.05) is 49.6 Å². The topological polar surface area (TPSA) is 81.4 Å². The molecule has 1 saturated carbocycles. The van der Waals surface area contributed by atoms with Crippen LogP contribution in [0.3, 0.4) is 0 Å². The van der Waals surface area contributed by atoms with Crippen molar-refractivity contribution in [2.24, 2.45) is 5.73 Å². The molecule has 0 radical (unpaired) electrons. The quantitative estimate of drug-likeness (QED) is 0.801. The Kier molecular flexibility index (Phi) is 5.27. The monoisotopic (exact) mass is 404 g/mol. The summed E-state index contributed by atoms with van der Waals surface area (Å²) < 4.78 is 6.47. The molecular weight excluding hydrogens is 384 g/mol. The van der Waals surface area contributed by atoms with E-state index in [4.69, 9.17) is 10.5 Å². The smallest absolute Gasteiger partial charge is 0.258 e. The molecule has 2 aromatic carbocycles. The molecule has 1 aliphatic carbocycles. The molecule has 0 saturated heterocycles. The Balaban J connectivity index is 1.68. The maximum absolute atomic E-state index is 12.3. The highest BCUT2D eigenvalue weighted by Crippen LogP contribution is 2.33. The fourth-order valence-electron chi connectivity index (χ4n) is 3.36. The summed E-state index contributed by atoms with van der Waals surface area (Å²) in [5, 5.41) is 4.90. The van der Waals surface area contributed by atoms with Gasteiger partial charge in [-0.2, -0.15) is 0 Å². The lowest BCUT2D eigenvalue weighted by Gasteiger charge is -2.35. The summed E-state index contributed by atoms with van der Waals surface area (Å²) in [5.74, 6) is -0.209. The van der Waals surface area contributed by atoms with Crippen LogP contribution in [0.2, 0.25) is 0 Å². The van der Waals surface area contributed by atoms with Crippen LogP contribution in [0.4, 0.5) is 0 Å². The van der Waals surface area contributed by atoms with Gasteiger partial charge < -0.3 is 15.8 Å². The van der Waals surface area contributed by atoms with Crippen LogP contribution in [0.25, 0.3) is 10.8 Å². The van der Waals surface area contributed by atoms with Gasteiger partial charge in [-0.15, -0.1) is 0 Å². The van der Waals surface area contributed by atoms with Crippen LogP contribution in [0.1, 0.15) is 32.1 Å². The predicted molar refractivity (Wildman–Crippen MR) is 100 cm³/mol. The van der Waals surface area contributed by atoms with E-state index in [0.717, 1.165) is 34.5 Å². The molecule has 3 N–H and O–H groups in total. The summed E-state index contributed by atoms with van der Waals surface area (Å²) in [6, 6.07) is 11.7. The molecule has 25 heavy (non-hydrogen) atoms. The summed E-state index contributed by atoms with van der Waals surface area (Å²) in [7, 11) is 0. The molecule has 1 fully saturated rings. The largest absolute Gasteiger partial charge is 0.483 e. The van der Waals surface area contributed by atoms with Crippen molar-refractivity contribution in [1.29, 1.82) is 0 Å². The molecule has 3 rings (SSSR count). The third-order valence-corrected chi connectivity index (χ3v) is 5.56. The van der Waals surface area contributed by atoms with E-state index in [9.17, 15) is 9.59 Å². The minimum Gasteiger partial charge on any atom is -0.483 e. The van der Waals surface area contributed by atoms with Gasteiger partial charge in [0.25, 0.3) is 5.91 Å². The van der Waals surface area contributed by atoms with Crippen molar-refractivity contribution in [3.63, 3.8) is 0 Å². The van der Waals surface area contributed by atoms with E-state index in [2.05, 4.69) is 21.2 Å². The number of ether oxygens (including phenoxy) is 1. The number of hydrogen-bond donors (Lipinski definition) is 2. The third-order valence-electron chi connectivity index (χ3n) is 4.74. The first-order chi connectivity index (χ1) is 12.0. The number of nitrogens with two attached hydrogens (primary N) is 1. The maximum Gasteiger partial charge on any atom is 0.258 e. The van der Waals surface area contributed by atoms with Crippen LogP contribution in [-0.2, 0) is 9.59 Å². The molecular formula is C19H21BrN2O3. The maximum atomic E-state index is 12.3. The van der Waals surface area contributed by atoms with Gasteiger partial charge in [0.05, 0.1) is 4.47 Å². The van der Waals surface area contributed by atoms with Crippen LogP contribution < -0.4 is 15.8 Å². The molecule has 0 aliphatic heterocycles. The number of benzene rings is 2. The Hall–Kier alpha value is -2.08. The van der Waals surface area contributed by atoms with E-state index >= 15 is 0 Å². The van der Waals surface area contributed by atoms with Gasteiger partial charge >= 0.3 is 0 Å². The number of amides is 2. The normalized spacial score (nSPS) is 16.4. The minimum absolute atomic E-state index is 0.161. The zero-order valence-corrected chi connectivity index (χ0v) is 15.5. The van der Waals surface area contributed by atoms with Crippen LogP contribution >= 0.6 is 15.9 Å². The third kappa shape index (κ3) is 3.79. The molecule has 2 aromatic rings. The molecule has 132 valence electrons. The highest BCUT2D eigenvalue weighted by atomic mass is 79.9. The average Bonchev–Trinajstić information content (AvgIpc) is 2.62. The Labute approximate surface area is 155 Å². The second-order valence-electron chi connectivity index (χ2n) is 6.44. The first-order valence-corrected chi connectivity index (χ1v) is 9.22. The van der Waals surface area contributed by atoms with Crippen molar-refractivity contribution in [3.8, 4) is 5.75 Å². The molecule has 0 bridgehead atoms. The summed E-state index contributed by atoms with van der Waals surface area (Å²) in [5.41, 5.74) is 4.61. The number of hydrogen-bond acceptors (Lipinski definition) is 3. The van der Waals surface area contributed by atoms with Crippen molar-refractivity contribution in [3.05, 3.63) is 40.9 Å². The molecule has 0 atom stereocenters. The van der Waals surface area contributed by atoms with Crippen LogP contribution in [0, 0.1) is 0 Å². The summed E-state index contributed by atoms with van der Waals surface area (Å²) >= 11 is 3.53. The predicted octanol–water partition coefficient (Wildman–Crippen LogP) is 3.29. The lowest BCUT2D eigenvalue weighted by Crippen LogP contribution is -2.59. The number of primary amides is 1. The molecule has 0 spiro atoms. The SMILES string of the molecule is NC(=O)C1(NC(=O)COc2ccc3ccccc3c2Br)CCCCC1. The van der Waals surface area contributed by atoms with E-state index in [1.807, 2.05) is 36.4 Å². The zero-order valence-electron chi connectivity index (χ0n) is 13.9. The van der Waals surface area contributed by atoms with Crippen molar-refractivity contribution in [1.82, 2.24) is 5.32 Å². The summed E-state index contributed by atoms with van der Waals surface area (Å²) in [6.45, 7) is -0.161. The second kappa shape index (κ2) is 7.44. The number of nitrogens with one attached hydrogen (secondary N) is 1. The number of halogens is 1. The minimum atomic E-state index is -0.931.